The Bertz CT molecular complexity index is 1070. The zero-order chi connectivity index (χ0) is 28.0. The summed E-state index contributed by atoms with van der Waals surface area (Å²) < 4.78 is 81.6. The van der Waals surface area contributed by atoms with Gasteiger partial charge in [-0.1, -0.05) is 56.2 Å². The minimum Gasteiger partial charge on any atom is -0.300 e. The molecule has 0 radical (unpaired) electrons. The van der Waals surface area contributed by atoms with E-state index in [2.05, 4.69) is 36.9 Å². The lowest BCUT2D eigenvalue weighted by Crippen LogP contribution is -2.39. The molecule has 0 aromatic heterocycles. The normalized spacial score (nSPS) is 17.4. The quantitative estimate of drug-likeness (QED) is 0.267. The number of nitrogens with zero attached hydrogens (tertiary/aromatic N) is 2. The molecular formula is C30H36F6N2. The van der Waals surface area contributed by atoms with Crippen LogP contribution in [0.4, 0.5) is 26.3 Å². The SMILES string of the molecule is CCCN(CCc1ccccc1)C(C)CCC(C#N)(c1ccc(C(F)(F)F)c(C(F)(F)F)c1)C1CCCC1. The van der Waals surface area contributed by atoms with Crippen LogP contribution in [0, 0.1) is 17.2 Å². The fourth-order valence-electron chi connectivity index (χ4n) is 5.89. The summed E-state index contributed by atoms with van der Waals surface area (Å²) in [6, 6.07) is 14.7. The molecular weight excluding hydrogens is 502 g/mol. The average molecular weight is 539 g/mol. The van der Waals surface area contributed by atoms with Crippen molar-refractivity contribution in [1.82, 2.24) is 4.90 Å². The highest BCUT2D eigenvalue weighted by Crippen LogP contribution is 2.48. The van der Waals surface area contributed by atoms with E-state index in [1.165, 1.54) is 5.56 Å². The van der Waals surface area contributed by atoms with Gasteiger partial charge in [-0.25, -0.2) is 0 Å². The summed E-state index contributed by atoms with van der Waals surface area (Å²) in [5, 5.41) is 10.5. The number of nitriles is 1. The van der Waals surface area contributed by atoms with Crippen molar-refractivity contribution in [2.45, 2.75) is 89.0 Å². The van der Waals surface area contributed by atoms with Crippen LogP contribution in [0.5, 0.6) is 0 Å². The Balaban J connectivity index is 1.91. The molecule has 2 unspecified atom stereocenters. The molecule has 0 saturated heterocycles. The molecule has 2 nitrogen and oxygen atoms in total. The second kappa shape index (κ2) is 12.5. The summed E-state index contributed by atoms with van der Waals surface area (Å²) in [5.41, 5.74) is -3.45. The van der Waals surface area contributed by atoms with Crippen molar-refractivity contribution in [3.8, 4) is 6.07 Å². The van der Waals surface area contributed by atoms with Gasteiger partial charge in [0.25, 0.3) is 0 Å². The van der Waals surface area contributed by atoms with Crippen LogP contribution >= 0.6 is 0 Å². The lowest BCUT2D eigenvalue weighted by atomic mass is 9.66. The molecule has 38 heavy (non-hydrogen) atoms. The van der Waals surface area contributed by atoms with Gasteiger partial charge < -0.3 is 4.90 Å². The highest BCUT2D eigenvalue weighted by atomic mass is 19.4. The fourth-order valence-corrected chi connectivity index (χ4v) is 5.89. The van der Waals surface area contributed by atoms with Gasteiger partial charge in [-0.3, -0.25) is 0 Å². The van der Waals surface area contributed by atoms with E-state index in [0.29, 0.717) is 37.8 Å². The van der Waals surface area contributed by atoms with Crippen molar-refractivity contribution >= 4 is 0 Å². The molecule has 3 rings (SSSR count). The van der Waals surface area contributed by atoms with Crippen molar-refractivity contribution in [1.29, 1.82) is 5.26 Å². The van der Waals surface area contributed by atoms with Crippen molar-refractivity contribution < 1.29 is 26.3 Å². The predicted octanol–water partition coefficient (Wildman–Crippen LogP) is 8.80. The van der Waals surface area contributed by atoms with E-state index in [0.717, 1.165) is 44.8 Å². The fraction of sp³-hybridized carbons (Fsp3) is 0.567. The standard InChI is InChI=1S/C30H36F6N2/c1-3-18-38(19-16-23-9-5-4-6-10-23)22(2)15-17-28(21-37,24-11-7-8-12-24)25-13-14-26(29(31,32)33)27(20-25)30(34,35)36/h4-6,9-10,13-14,20,22,24H,3,7-8,11-12,15-19H2,1-2H3. The number of benzene rings is 2. The second-order valence-electron chi connectivity index (χ2n) is 10.5. The van der Waals surface area contributed by atoms with E-state index in [4.69, 9.17) is 0 Å². The monoisotopic (exact) mass is 538 g/mol. The van der Waals surface area contributed by atoms with Gasteiger partial charge in [0.2, 0.25) is 0 Å². The molecule has 1 saturated carbocycles. The maximum Gasteiger partial charge on any atom is 0.417 e. The number of hydrogen-bond acceptors (Lipinski definition) is 2. The molecule has 1 aliphatic carbocycles. The lowest BCUT2D eigenvalue weighted by molar-refractivity contribution is -0.162. The lowest BCUT2D eigenvalue weighted by Gasteiger charge is -2.37. The summed E-state index contributed by atoms with van der Waals surface area (Å²) >= 11 is 0. The first-order valence-corrected chi connectivity index (χ1v) is 13.4. The highest BCUT2D eigenvalue weighted by Gasteiger charge is 2.47. The molecule has 1 aliphatic rings. The Morgan fingerprint density at radius 1 is 0.921 bits per heavy atom. The molecule has 2 atom stereocenters. The first-order chi connectivity index (χ1) is 17.9. The molecule has 8 heteroatoms. The van der Waals surface area contributed by atoms with Gasteiger partial charge in [0, 0.05) is 12.6 Å². The number of rotatable bonds is 11. The molecule has 0 spiro atoms. The van der Waals surface area contributed by atoms with E-state index in [-0.39, 0.29) is 17.5 Å². The van der Waals surface area contributed by atoms with Gasteiger partial charge in [-0.15, -0.1) is 0 Å². The summed E-state index contributed by atoms with van der Waals surface area (Å²) in [6.45, 7) is 5.79. The van der Waals surface area contributed by atoms with E-state index in [1.54, 1.807) is 0 Å². The third kappa shape index (κ3) is 7.11. The first kappa shape index (κ1) is 30.0. The Kier molecular flexibility index (Phi) is 9.91. The topological polar surface area (TPSA) is 27.0 Å². The number of alkyl halides is 6. The van der Waals surface area contributed by atoms with Crippen LogP contribution in [-0.2, 0) is 24.2 Å². The Labute approximate surface area is 221 Å². The molecule has 0 N–H and O–H groups in total. The Morgan fingerprint density at radius 3 is 2.11 bits per heavy atom. The molecule has 208 valence electrons. The molecule has 0 heterocycles. The average Bonchev–Trinajstić information content (AvgIpc) is 3.42. The summed E-state index contributed by atoms with van der Waals surface area (Å²) in [6.07, 6.45) is -4.62. The van der Waals surface area contributed by atoms with Gasteiger partial charge >= 0.3 is 12.4 Å². The minimum atomic E-state index is -5.18. The van der Waals surface area contributed by atoms with Crippen LogP contribution in [-0.4, -0.2) is 24.0 Å². The zero-order valence-corrected chi connectivity index (χ0v) is 22.0. The van der Waals surface area contributed by atoms with Crippen LogP contribution in [0.1, 0.15) is 81.0 Å². The van der Waals surface area contributed by atoms with Crippen LogP contribution in [0.25, 0.3) is 0 Å². The summed E-state index contributed by atoms with van der Waals surface area (Å²) in [4.78, 5) is 2.33. The molecule has 0 aliphatic heterocycles. The van der Waals surface area contributed by atoms with Gasteiger partial charge in [0.1, 0.15) is 0 Å². The van der Waals surface area contributed by atoms with Crippen molar-refractivity contribution in [2.24, 2.45) is 5.92 Å². The van der Waals surface area contributed by atoms with Gasteiger partial charge in [-0.05, 0) is 81.2 Å². The molecule has 0 bridgehead atoms. The van der Waals surface area contributed by atoms with Crippen LogP contribution in [0.3, 0.4) is 0 Å². The third-order valence-electron chi connectivity index (χ3n) is 8.02. The van der Waals surface area contributed by atoms with Gasteiger partial charge in [0.15, 0.2) is 0 Å². The maximum absolute atomic E-state index is 13.8. The van der Waals surface area contributed by atoms with Gasteiger partial charge in [0.05, 0.1) is 22.6 Å². The van der Waals surface area contributed by atoms with E-state index < -0.39 is 28.9 Å². The zero-order valence-electron chi connectivity index (χ0n) is 22.0. The number of hydrogen-bond donors (Lipinski definition) is 0. The van der Waals surface area contributed by atoms with E-state index >= 15 is 0 Å². The van der Waals surface area contributed by atoms with Crippen LogP contribution in [0.15, 0.2) is 48.5 Å². The largest absolute Gasteiger partial charge is 0.417 e. The summed E-state index contributed by atoms with van der Waals surface area (Å²) in [5.74, 6) is -0.193. The second-order valence-corrected chi connectivity index (χ2v) is 10.5. The molecule has 1 fully saturated rings. The molecule has 2 aromatic carbocycles. The first-order valence-electron chi connectivity index (χ1n) is 13.4. The Morgan fingerprint density at radius 2 is 1.55 bits per heavy atom. The third-order valence-corrected chi connectivity index (χ3v) is 8.02. The van der Waals surface area contributed by atoms with Crippen LogP contribution in [0.2, 0.25) is 0 Å². The smallest absolute Gasteiger partial charge is 0.300 e. The van der Waals surface area contributed by atoms with Gasteiger partial charge in [-0.2, -0.15) is 31.6 Å². The number of halogens is 6. The molecule has 2 aromatic rings. The minimum absolute atomic E-state index is 0.0470. The Hall–Kier alpha value is -2.53. The van der Waals surface area contributed by atoms with Crippen molar-refractivity contribution in [2.75, 3.05) is 13.1 Å². The predicted molar refractivity (Wildman–Crippen MR) is 136 cm³/mol. The highest BCUT2D eigenvalue weighted by molar-refractivity contribution is 5.43. The van der Waals surface area contributed by atoms with E-state index in [1.807, 2.05) is 18.2 Å². The summed E-state index contributed by atoms with van der Waals surface area (Å²) in [7, 11) is 0. The van der Waals surface area contributed by atoms with Crippen molar-refractivity contribution in [3.05, 3.63) is 70.8 Å². The molecule has 0 amide bonds. The maximum atomic E-state index is 13.8. The van der Waals surface area contributed by atoms with Crippen molar-refractivity contribution in [3.63, 3.8) is 0 Å². The van der Waals surface area contributed by atoms with Crippen LogP contribution < -0.4 is 0 Å². The van der Waals surface area contributed by atoms with E-state index in [9.17, 15) is 31.6 Å².